The maximum atomic E-state index is 9.75. The third kappa shape index (κ3) is 2.34. The molecule has 1 aromatic heterocycles. The Balaban J connectivity index is 1.78. The van der Waals surface area contributed by atoms with Crippen molar-refractivity contribution in [2.24, 2.45) is 0 Å². The van der Waals surface area contributed by atoms with Crippen molar-refractivity contribution in [3.63, 3.8) is 0 Å². The quantitative estimate of drug-likeness (QED) is 0.914. The molecule has 1 aromatic carbocycles. The molecule has 3 rings (SSSR count). The van der Waals surface area contributed by atoms with Gasteiger partial charge in [0.25, 0.3) is 0 Å². The smallest absolute Gasteiger partial charge is 0.0957 e. The number of hydrogen-bond donors (Lipinski definition) is 1. The number of benzene rings is 1. The summed E-state index contributed by atoms with van der Waals surface area (Å²) in [6.07, 6.45) is 2.10. The van der Waals surface area contributed by atoms with Crippen LogP contribution in [0.2, 0.25) is 0 Å². The first-order valence-electron chi connectivity index (χ1n) is 6.73. The Labute approximate surface area is 113 Å². The molecule has 98 valence electrons. The highest BCUT2D eigenvalue weighted by atomic mass is 16.3. The number of anilines is 1. The molecular formula is C16H18N2O. The molecule has 0 fully saturated rings. The van der Waals surface area contributed by atoms with Gasteiger partial charge in [-0.15, -0.1) is 0 Å². The molecule has 1 atom stereocenters. The third-order valence-electron chi connectivity index (χ3n) is 3.70. The van der Waals surface area contributed by atoms with Gasteiger partial charge in [0.1, 0.15) is 0 Å². The fraction of sp³-hybridized carbons (Fsp3) is 0.312. The van der Waals surface area contributed by atoms with Gasteiger partial charge < -0.3 is 10.0 Å². The first kappa shape index (κ1) is 12.2. The minimum absolute atomic E-state index is 0.454. The van der Waals surface area contributed by atoms with Gasteiger partial charge >= 0.3 is 0 Å². The van der Waals surface area contributed by atoms with Gasteiger partial charge in [-0.3, -0.25) is 4.98 Å². The van der Waals surface area contributed by atoms with E-state index in [4.69, 9.17) is 0 Å². The lowest BCUT2D eigenvalue weighted by Gasteiger charge is -2.18. The Morgan fingerprint density at radius 3 is 2.37 bits per heavy atom. The van der Waals surface area contributed by atoms with Crippen LogP contribution in [0.15, 0.2) is 42.6 Å². The van der Waals surface area contributed by atoms with Crippen molar-refractivity contribution in [2.45, 2.75) is 32.5 Å². The van der Waals surface area contributed by atoms with Gasteiger partial charge in [-0.2, -0.15) is 0 Å². The monoisotopic (exact) mass is 254 g/mol. The van der Waals surface area contributed by atoms with E-state index in [1.54, 1.807) is 0 Å². The predicted octanol–water partition coefficient (Wildman–Crippen LogP) is 3.05. The van der Waals surface area contributed by atoms with Crippen LogP contribution in [-0.4, -0.2) is 10.1 Å². The van der Waals surface area contributed by atoms with Gasteiger partial charge in [0.15, 0.2) is 0 Å². The number of aromatic nitrogens is 1. The third-order valence-corrected chi connectivity index (χ3v) is 3.70. The summed E-state index contributed by atoms with van der Waals surface area (Å²) in [5, 5.41) is 9.75. The van der Waals surface area contributed by atoms with Gasteiger partial charge in [-0.05, 0) is 29.7 Å². The zero-order valence-electron chi connectivity index (χ0n) is 11.1. The highest BCUT2D eigenvalue weighted by molar-refractivity contribution is 5.50. The largest absolute Gasteiger partial charge is 0.387 e. The van der Waals surface area contributed by atoms with Crippen LogP contribution in [0.25, 0.3) is 0 Å². The van der Waals surface area contributed by atoms with Crippen LogP contribution in [0.5, 0.6) is 0 Å². The second kappa shape index (κ2) is 5.02. The first-order valence-corrected chi connectivity index (χ1v) is 6.73. The van der Waals surface area contributed by atoms with Crippen LogP contribution >= 0.6 is 0 Å². The number of hydrogen-bond acceptors (Lipinski definition) is 3. The average Bonchev–Trinajstić information content (AvgIpc) is 2.90. The fourth-order valence-electron chi connectivity index (χ4n) is 2.51. The highest BCUT2D eigenvalue weighted by Crippen LogP contribution is 2.28. The van der Waals surface area contributed by atoms with Crippen LogP contribution in [-0.2, 0) is 13.1 Å². The minimum Gasteiger partial charge on any atom is -0.387 e. The van der Waals surface area contributed by atoms with E-state index in [2.05, 4.69) is 34.1 Å². The molecule has 3 nitrogen and oxygen atoms in total. The molecule has 0 saturated heterocycles. The lowest BCUT2D eigenvalue weighted by Crippen LogP contribution is -2.15. The van der Waals surface area contributed by atoms with E-state index in [9.17, 15) is 5.11 Å². The van der Waals surface area contributed by atoms with Crippen LogP contribution < -0.4 is 4.90 Å². The molecule has 0 aliphatic carbocycles. The number of rotatable bonds is 3. The van der Waals surface area contributed by atoms with Gasteiger partial charge in [0.2, 0.25) is 0 Å². The van der Waals surface area contributed by atoms with Crippen LogP contribution in [0, 0.1) is 0 Å². The zero-order chi connectivity index (χ0) is 13.2. The fourth-order valence-corrected chi connectivity index (χ4v) is 2.51. The summed E-state index contributed by atoms with van der Waals surface area (Å²) in [4.78, 5) is 6.67. The van der Waals surface area contributed by atoms with E-state index < -0.39 is 6.10 Å². The Kier molecular flexibility index (Phi) is 3.22. The molecule has 0 bridgehead atoms. The van der Waals surface area contributed by atoms with Crippen molar-refractivity contribution in [3.8, 4) is 0 Å². The molecule has 0 spiro atoms. The summed E-state index contributed by atoms with van der Waals surface area (Å²) in [5.74, 6) is 0. The maximum Gasteiger partial charge on any atom is 0.0957 e. The molecule has 3 heteroatoms. The average molecular weight is 254 g/mol. The minimum atomic E-state index is -0.454. The Bertz CT molecular complexity index is 540. The molecule has 19 heavy (non-hydrogen) atoms. The van der Waals surface area contributed by atoms with Crippen molar-refractivity contribution < 1.29 is 5.11 Å². The van der Waals surface area contributed by atoms with E-state index in [1.807, 2.05) is 25.3 Å². The van der Waals surface area contributed by atoms with Gasteiger partial charge in [0, 0.05) is 13.1 Å². The number of nitrogens with zero attached hydrogens (tertiary/aromatic N) is 2. The summed E-state index contributed by atoms with van der Waals surface area (Å²) in [7, 11) is 0. The van der Waals surface area contributed by atoms with E-state index >= 15 is 0 Å². The lowest BCUT2D eigenvalue weighted by atomic mass is 10.1. The summed E-state index contributed by atoms with van der Waals surface area (Å²) < 4.78 is 0. The van der Waals surface area contributed by atoms with Crippen molar-refractivity contribution in [2.75, 3.05) is 4.90 Å². The van der Waals surface area contributed by atoms with Crippen molar-refractivity contribution in [3.05, 3.63) is 59.4 Å². The summed E-state index contributed by atoms with van der Waals surface area (Å²) in [6, 6.07) is 12.5. The molecule has 0 saturated carbocycles. The molecule has 1 aliphatic rings. The Morgan fingerprint density at radius 2 is 1.84 bits per heavy atom. The highest BCUT2D eigenvalue weighted by Gasteiger charge is 2.18. The number of fused-ring (bicyclic) bond motifs is 1. The van der Waals surface area contributed by atoms with E-state index in [1.165, 1.54) is 11.1 Å². The first-order chi connectivity index (χ1) is 9.28. The summed E-state index contributed by atoms with van der Waals surface area (Å²) in [5.41, 5.74) is 4.64. The van der Waals surface area contributed by atoms with Crippen molar-refractivity contribution in [1.29, 1.82) is 0 Å². The lowest BCUT2D eigenvalue weighted by molar-refractivity contribution is 0.169. The normalized spacial score (nSPS) is 15.4. The Hall–Kier alpha value is -1.87. The Morgan fingerprint density at radius 1 is 1.16 bits per heavy atom. The van der Waals surface area contributed by atoms with E-state index in [0.717, 1.165) is 24.5 Å². The molecule has 0 unspecified atom stereocenters. The van der Waals surface area contributed by atoms with Crippen LogP contribution in [0.3, 0.4) is 0 Å². The maximum absolute atomic E-state index is 9.75. The molecule has 1 N–H and O–H groups in total. The summed E-state index contributed by atoms with van der Waals surface area (Å²) >= 11 is 0. The number of aliphatic hydroxyl groups excluding tert-OH is 1. The SMILES string of the molecule is CC[C@@H](O)c1ccc(N2Cc3ccccc3C2)cn1. The van der Waals surface area contributed by atoms with Crippen LogP contribution in [0.4, 0.5) is 5.69 Å². The van der Waals surface area contributed by atoms with Crippen LogP contribution in [0.1, 0.15) is 36.3 Å². The molecule has 0 amide bonds. The molecule has 0 radical (unpaired) electrons. The zero-order valence-corrected chi connectivity index (χ0v) is 11.1. The van der Waals surface area contributed by atoms with Gasteiger partial charge in [-0.25, -0.2) is 0 Å². The molecule has 2 heterocycles. The van der Waals surface area contributed by atoms with E-state index in [-0.39, 0.29) is 0 Å². The number of aliphatic hydroxyl groups is 1. The topological polar surface area (TPSA) is 36.4 Å². The summed E-state index contributed by atoms with van der Waals surface area (Å²) in [6.45, 7) is 3.83. The second-order valence-electron chi connectivity index (χ2n) is 4.99. The predicted molar refractivity (Wildman–Crippen MR) is 75.8 cm³/mol. The van der Waals surface area contributed by atoms with Gasteiger partial charge in [0.05, 0.1) is 23.7 Å². The molecule has 1 aliphatic heterocycles. The van der Waals surface area contributed by atoms with E-state index in [0.29, 0.717) is 6.42 Å². The standard InChI is InChI=1S/C16H18N2O/c1-2-16(19)15-8-7-14(9-17-15)18-10-12-5-3-4-6-13(12)11-18/h3-9,16,19H,2,10-11H2,1H3/t16-/m1/s1. The van der Waals surface area contributed by atoms with Crippen molar-refractivity contribution >= 4 is 5.69 Å². The van der Waals surface area contributed by atoms with Gasteiger partial charge in [-0.1, -0.05) is 31.2 Å². The second-order valence-corrected chi connectivity index (χ2v) is 4.99. The molecular weight excluding hydrogens is 236 g/mol. The van der Waals surface area contributed by atoms with Crippen molar-refractivity contribution in [1.82, 2.24) is 4.98 Å². The number of pyridine rings is 1. The molecule has 2 aromatic rings.